The van der Waals surface area contributed by atoms with E-state index in [4.69, 9.17) is 0 Å². The lowest BCUT2D eigenvalue weighted by Gasteiger charge is -2.31. The molecule has 114 valence electrons. The van der Waals surface area contributed by atoms with E-state index in [0.29, 0.717) is 11.7 Å². The molecule has 0 unspecified atom stereocenters. The van der Waals surface area contributed by atoms with Gasteiger partial charge in [0.1, 0.15) is 0 Å². The van der Waals surface area contributed by atoms with Crippen molar-refractivity contribution in [1.29, 1.82) is 0 Å². The molecule has 0 aliphatic heterocycles. The number of urea groups is 1. The zero-order valence-corrected chi connectivity index (χ0v) is 12.5. The second-order valence-corrected chi connectivity index (χ2v) is 5.47. The molecule has 0 bridgehead atoms. The predicted octanol–water partition coefficient (Wildman–Crippen LogP) is 2.60. The molecule has 1 aromatic carbocycles. The summed E-state index contributed by atoms with van der Waals surface area (Å²) in [4.78, 5) is 25.6. The van der Waals surface area contributed by atoms with Crippen LogP contribution in [0.25, 0.3) is 0 Å². The Balaban J connectivity index is 1.74. The minimum absolute atomic E-state index is 0.0334. The highest BCUT2D eigenvalue weighted by Crippen LogP contribution is 2.21. The largest absolute Gasteiger partial charge is 0.341 e. The molecule has 0 radical (unpaired) electrons. The van der Waals surface area contributed by atoms with Crippen molar-refractivity contribution in [3.05, 3.63) is 30.3 Å². The Morgan fingerprint density at radius 3 is 2.48 bits per heavy atom. The summed E-state index contributed by atoms with van der Waals surface area (Å²) in [6.07, 6.45) is 5.77. The Labute approximate surface area is 125 Å². The van der Waals surface area contributed by atoms with E-state index in [1.165, 1.54) is 19.3 Å². The van der Waals surface area contributed by atoms with Gasteiger partial charge in [-0.25, -0.2) is 4.79 Å². The van der Waals surface area contributed by atoms with Gasteiger partial charge >= 0.3 is 6.03 Å². The van der Waals surface area contributed by atoms with Crippen molar-refractivity contribution in [3.8, 4) is 0 Å². The number of rotatable bonds is 4. The highest BCUT2D eigenvalue weighted by Gasteiger charge is 2.21. The second-order valence-electron chi connectivity index (χ2n) is 5.47. The Kier molecular flexibility index (Phi) is 5.60. The van der Waals surface area contributed by atoms with E-state index < -0.39 is 0 Å². The lowest BCUT2D eigenvalue weighted by molar-refractivity contribution is -0.131. The van der Waals surface area contributed by atoms with Crippen molar-refractivity contribution in [2.24, 2.45) is 0 Å². The molecule has 2 rings (SSSR count). The quantitative estimate of drug-likeness (QED) is 0.895. The predicted molar refractivity (Wildman–Crippen MR) is 83.1 cm³/mol. The van der Waals surface area contributed by atoms with Crippen molar-refractivity contribution in [2.45, 2.75) is 38.1 Å². The fraction of sp³-hybridized carbons (Fsp3) is 0.500. The van der Waals surface area contributed by atoms with Crippen LogP contribution in [0.2, 0.25) is 0 Å². The van der Waals surface area contributed by atoms with Crippen LogP contribution in [0.5, 0.6) is 0 Å². The first-order valence-corrected chi connectivity index (χ1v) is 7.52. The van der Waals surface area contributed by atoms with Crippen molar-refractivity contribution < 1.29 is 9.59 Å². The van der Waals surface area contributed by atoms with E-state index in [9.17, 15) is 9.59 Å². The molecular formula is C16H23N3O2. The zero-order valence-electron chi connectivity index (χ0n) is 12.5. The minimum atomic E-state index is -0.355. The van der Waals surface area contributed by atoms with Gasteiger partial charge < -0.3 is 15.5 Å². The Morgan fingerprint density at radius 2 is 1.81 bits per heavy atom. The van der Waals surface area contributed by atoms with Crippen molar-refractivity contribution in [1.82, 2.24) is 10.2 Å². The molecule has 5 heteroatoms. The SMILES string of the molecule is CN(C(=O)CNC(=O)Nc1ccccc1)C1CCCCC1. The van der Waals surface area contributed by atoms with Crippen LogP contribution in [-0.4, -0.2) is 36.5 Å². The van der Waals surface area contributed by atoms with Crippen LogP contribution in [0.3, 0.4) is 0 Å². The highest BCUT2D eigenvalue weighted by atomic mass is 16.2. The van der Waals surface area contributed by atoms with E-state index in [2.05, 4.69) is 10.6 Å². The normalized spacial score (nSPS) is 15.3. The maximum atomic E-state index is 12.1. The van der Waals surface area contributed by atoms with Crippen LogP contribution in [0.15, 0.2) is 30.3 Å². The molecule has 3 amide bonds. The van der Waals surface area contributed by atoms with E-state index in [1.54, 1.807) is 17.0 Å². The first-order chi connectivity index (χ1) is 10.2. The molecule has 21 heavy (non-hydrogen) atoms. The summed E-state index contributed by atoms with van der Waals surface area (Å²) in [6, 6.07) is 9.14. The molecule has 0 saturated heterocycles. The topological polar surface area (TPSA) is 61.4 Å². The molecule has 0 atom stereocenters. The number of nitrogens with one attached hydrogen (secondary N) is 2. The Bertz CT molecular complexity index is 470. The summed E-state index contributed by atoms with van der Waals surface area (Å²) in [5, 5.41) is 5.30. The third-order valence-corrected chi connectivity index (χ3v) is 3.95. The van der Waals surface area contributed by atoms with Crippen LogP contribution < -0.4 is 10.6 Å². The van der Waals surface area contributed by atoms with E-state index in [1.807, 2.05) is 25.2 Å². The fourth-order valence-electron chi connectivity index (χ4n) is 2.65. The number of hydrogen-bond acceptors (Lipinski definition) is 2. The summed E-state index contributed by atoms with van der Waals surface area (Å²) in [5.41, 5.74) is 0.711. The number of nitrogens with zero attached hydrogens (tertiary/aromatic N) is 1. The standard InChI is InChI=1S/C16H23N3O2/c1-19(14-10-6-3-7-11-14)15(20)12-17-16(21)18-13-8-4-2-5-9-13/h2,4-5,8-9,14H,3,6-7,10-12H2,1H3,(H2,17,18,21). The maximum absolute atomic E-state index is 12.1. The summed E-state index contributed by atoms with van der Waals surface area (Å²) >= 11 is 0. The van der Waals surface area contributed by atoms with Gasteiger partial charge in [-0.05, 0) is 25.0 Å². The number of para-hydroxylation sites is 1. The highest BCUT2D eigenvalue weighted by molar-refractivity contribution is 5.92. The van der Waals surface area contributed by atoms with Crippen LogP contribution in [0, 0.1) is 0 Å². The van der Waals surface area contributed by atoms with Crippen molar-refractivity contribution >= 4 is 17.6 Å². The Hall–Kier alpha value is -2.04. The van der Waals surface area contributed by atoms with Gasteiger partial charge in [0.2, 0.25) is 5.91 Å². The van der Waals surface area contributed by atoms with Gasteiger partial charge in [0.05, 0.1) is 6.54 Å². The van der Waals surface area contributed by atoms with Gasteiger partial charge in [0.15, 0.2) is 0 Å². The molecule has 1 aliphatic rings. The number of amides is 3. The molecule has 1 fully saturated rings. The van der Waals surface area contributed by atoms with Gasteiger partial charge in [-0.1, -0.05) is 37.5 Å². The third-order valence-electron chi connectivity index (χ3n) is 3.95. The lowest BCUT2D eigenvalue weighted by atomic mass is 9.94. The first-order valence-electron chi connectivity index (χ1n) is 7.52. The van der Waals surface area contributed by atoms with Crippen molar-refractivity contribution in [2.75, 3.05) is 18.9 Å². The molecule has 2 N–H and O–H groups in total. The summed E-state index contributed by atoms with van der Waals surface area (Å²) < 4.78 is 0. The average Bonchev–Trinajstić information content (AvgIpc) is 2.53. The van der Waals surface area contributed by atoms with Gasteiger partial charge in [-0.2, -0.15) is 0 Å². The van der Waals surface area contributed by atoms with Crippen LogP contribution in [0.1, 0.15) is 32.1 Å². The van der Waals surface area contributed by atoms with Crippen molar-refractivity contribution in [3.63, 3.8) is 0 Å². The number of carbonyl (C=O) groups is 2. The van der Waals surface area contributed by atoms with Crippen LogP contribution in [0.4, 0.5) is 10.5 Å². The van der Waals surface area contributed by atoms with Gasteiger partial charge in [-0.15, -0.1) is 0 Å². The monoisotopic (exact) mass is 289 g/mol. The number of benzene rings is 1. The summed E-state index contributed by atoms with van der Waals surface area (Å²) in [6.45, 7) is 0.0334. The molecule has 0 spiro atoms. The molecular weight excluding hydrogens is 266 g/mol. The van der Waals surface area contributed by atoms with E-state index in [-0.39, 0.29) is 18.5 Å². The third kappa shape index (κ3) is 4.77. The molecule has 1 aromatic rings. The second kappa shape index (κ2) is 7.67. The average molecular weight is 289 g/mol. The number of anilines is 1. The van der Waals surface area contributed by atoms with E-state index in [0.717, 1.165) is 12.8 Å². The number of carbonyl (C=O) groups excluding carboxylic acids is 2. The van der Waals surface area contributed by atoms with Crippen LogP contribution >= 0.6 is 0 Å². The summed E-state index contributed by atoms with van der Waals surface area (Å²) in [7, 11) is 1.83. The lowest BCUT2D eigenvalue weighted by Crippen LogP contribution is -2.44. The maximum Gasteiger partial charge on any atom is 0.319 e. The smallest absolute Gasteiger partial charge is 0.319 e. The van der Waals surface area contributed by atoms with Gasteiger partial charge in [-0.3, -0.25) is 4.79 Å². The summed E-state index contributed by atoms with van der Waals surface area (Å²) in [5.74, 6) is -0.0369. The number of likely N-dealkylation sites (N-methyl/N-ethyl adjacent to an activating group) is 1. The van der Waals surface area contributed by atoms with Gasteiger partial charge in [0.25, 0.3) is 0 Å². The molecule has 0 aromatic heterocycles. The zero-order chi connectivity index (χ0) is 15.1. The molecule has 5 nitrogen and oxygen atoms in total. The molecule has 1 saturated carbocycles. The number of hydrogen-bond donors (Lipinski definition) is 2. The Morgan fingerprint density at radius 1 is 1.14 bits per heavy atom. The van der Waals surface area contributed by atoms with Crippen LogP contribution in [-0.2, 0) is 4.79 Å². The van der Waals surface area contributed by atoms with Gasteiger partial charge in [0, 0.05) is 18.8 Å². The fourth-order valence-corrected chi connectivity index (χ4v) is 2.65. The van der Waals surface area contributed by atoms with E-state index >= 15 is 0 Å². The minimum Gasteiger partial charge on any atom is -0.341 e. The molecule has 0 heterocycles. The molecule has 1 aliphatic carbocycles. The first kappa shape index (κ1) is 15.4.